The van der Waals surface area contributed by atoms with Crippen molar-refractivity contribution in [1.82, 2.24) is 0 Å². The number of thiol groups is 1. The van der Waals surface area contributed by atoms with Gasteiger partial charge in [-0.2, -0.15) is 12.6 Å². The highest BCUT2D eigenvalue weighted by Crippen LogP contribution is 2.16. The van der Waals surface area contributed by atoms with Crippen LogP contribution in [-0.2, 0) is 19.2 Å². The Morgan fingerprint density at radius 2 is 1.32 bits per heavy atom. The molecule has 11 heteroatoms. The third-order valence-electron chi connectivity index (χ3n) is 2.31. The molecule has 0 aliphatic heterocycles. The number of nitrogens with two attached hydrogens (primary N) is 1. The van der Waals surface area contributed by atoms with Gasteiger partial charge in [0.1, 0.15) is 6.04 Å². The lowest BCUT2D eigenvalue weighted by Crippen LogP contribution is -2.45. The smallest absolute Gasteiger partial charge is 0.336 e. The van der Waals surface area contributed by atoms with E-state index in [-0.39, 0.29) is 0 Å². The van der Waals surface area contributed by atoms with Gasteiger partial charge in [-0.05, 0) is 13.8 Å². The quantitative estimate of drug-likeness (QED) is 0.278. The van der Waals surface area contributed by atoms with E-state index in [0.29, 0.717) is 0 Å². The second-order valence-electron chi connectivity index (χ2n) is 4.95. The van der Waals surface area contributed by atoms with Crippen LogP contribution in [0.15, 0.2) is 0 Å². The molecule has 0 aliphatic rings. The van der Waals surface area contributed by atoms with Gasteiger partial charge in [0, 0.05) is 4.75 Å². The third-order valence-corrected chi connectivity index (χ3v) is 2.59. The van der Waals surface area contributed by atoms with Crippen LogP contribution < -0.4 is 5.73 Å². The van der Waals surface area contributed by atoms with Gasteiger partial charge in [-0.3, -0.25) is 14.4 Å². The minimum atomic E-state index is -2.74. The molecule has 0 heterocycles. The summed E-state index contributed by atoms with van der Waals surface area (Å²) in [6, 6.07) is -0.902. The molecule has 0 saturated heterocycles. The fourth-order valence-electron chi connectivity index (χ4n) is 1.02. The van der Waals surface area contributed by atoms with E-state index in [1.54, 1.807) is 13.8 Å². The maximum absolute atomic E-state index is 10.3. The Morgan fingerprint density at radius 1 is 1.00 bits per heavy atom. The summed E-state index contributed by atoms with van der Waals surface area (Å²) in [6.45, 7) is 3.32. The van der Waals surface area contributed by atoms with Crippen molar-refractivity contribution in [2.75, 3.05) is 0 Å². The topological polar surface area (TPSA) is 195 Å². The van der Waals surface area contributed by atoms with E-state index in [9.17, 15) is 19.2 Å². The normalized spacial score (nSPS) is 12.6. The van der Waals surface area contributed by atoms with Gasteiger partial charge in [0.15, 0.2) is 5.60 Å². The van der Waals surface area contributed by atoms with Crippen molar-refractivity contribution in [3.63, 3.8) is 0 Å². The molecule has 0 aliphatic carbocycles. The molecular formula is C11H19NO9S. The molecule has 7 N–H and O–H groups in total. The van der Waals surface area contributed by atoms with E-state index >= 15 is 0 Å². The SMILES string of the molecule is CC(C)(S)[C@@H](N)C(=O)O.O=C(O)CC(O)(CC(=O)O)C(=O)O. The van der Waals surface area contributed by atoms with Crippen molar-refractivity contribution in [2.45, 2.75) is 43.1 Å². The van der Waals surface area contributed by atoms with Crippen LogP contribution in [0.3, 0.4) is 0 Å². The summed E-state index contributed by atoms with van der Waals surface area (Å²) in [6.07, 6.45) is -2.29. The molecule has 0 saturated carbocycles. The number of rotatable bonds is 7. The van der Waals surface area contributed by atoms with Crippen LogP contribution >= 0.6 is 12.6 Å². The van der Waals surface area contributed by atoms with Crippen molar-refractivity contribution in [3.8, 4) is 0 Å². The molecule has 0 aromatic carbocycles. The number of hydrogen-bond donors (Lipinski definition) is 7. The summed E-state index contributed by atoms with van der Waals surface area (Å²) < 4.78 is -0.647. The highest BCUT2D eigenvalue weighted by Gasteiger charge is 2.40. The van der Waals surface area contributed by atoms with E-state index < -0.39 is 53.1 Å². The Kier molecular flexibility index (Phi) is 8.73. The van der Waals surface area contributed by atoms with Crippen molar-refractivity contribution in [2.24, 2.45) is 5.73 Å². The van der Waals surface area contributed by atoms with E-state index in [0.717, 1.165) is 0 Å². The summed E-state index contributed by atoms with van der Waals surface area (Å²) in [5.41, 5.74) is 2.48. The molecule has 0 aromatic rings. The van der Waals surface area contributed by atoms with Gasteiger partial charge in [-0.15, -0.1) is 0 Å². The number of hydrogen-bond acceptors (Lipinski definition) is 7. The van der Waals surface area contributed by atoms with Crippen molar-refractivity contribution >= 4 is 36.5 Å². The zero-order valence-corrected chi connectivity index (χ0v) is 12.8. The lowest BCUT2D eigenvalue weighted by molar-refractivity contribution is -0.170. The number of aliphatic carboxylic acids is 4. The van der Waals surface area contributed by atoms with Crippen LogP contribution in [0.4, 0.5) is 0 Å². The van der Waals surface area contributed by atoms with Crippen LogP contribution in [0, 0.1) is 0 Å². The van der Waals surface area contributed by atoms with Gasteiger partial charge in [-0.1, -0.05) is 0 Å². The number of carboxylic acids is 4. The lowest BCUT2D eigenvalue weighted by atomic mass is 9.96. The van der Waals surface area contributed by atoms with Crippen molar-refractivity contribution in [1.29, 1.82) is 0 Å². The maximum atomic E-state index is 10.3. The van der Waals surface area contributed by atoms with Crippen LogP contribution in [0.25, 0.3) is 0 Å². The molecule has 0 rings (SSSR count). The van der Waals surface area contributed by atoms with Gasteiger partial charge in [0.2, 0.25) is 0 Å². The number of carbonyl (C=O) groups is 4. The number of carboxylic acid groups (broad SMARTS) is 4. The molecule has 0 bridgehead atoms. The summed E-state index contributed by atoms with van der Waals surface area (Å²) in [4.78, 5) is 40.7. The highest BCUT2D eigenvalue weighted by atomic mass is 32.1. The standard InChI is InChI=1S/C6H8O7.C5H11NO2S/c7-3(8)1-6(13,5(11)12)2-4(9)10;1-5(2,9)3(6)4(7)8/h13H,1-2H2,(H,7,8)(H,9,10)(H,11,12);3,9H,6H2,1-2H3,(H,7,8)/t;3-/m.0/s1. The van der Waals surface area contributed by atoms with Gasteiger partial charge in [0.25, 0.3) is 0 Å². The fraction of sp³-hybridized carbons (Fsp3) is 0.636. The van der Waals surface area contributed by atoms with Crippen LogP contribution in [0.2, 0.25) is 0 Å². The van der Waals surface area contributed by atoms with Gasteiger partial charge in [0.05, 0.1) is 12.8 Å². The van der Waals surface area contributed by atoms with Crippen LogP contribution in [-0.4, -0.2) is 65.8 Å². The summed E-state index contributed by atoms with van der Waals surface area (Å²) in [5, 5.41) is 42.2. The average Bonchev–Trinajstić information content (AvgIpc) is 2.24. The maximum Gasteiger partial charge on any atom is 0.336 e. The molecular weight excluding hydrogens is 322 g/mol. The predicted molar refractivity (Wildman–Crippen MR) is 75.8 cm³/mol. The molecule has 128 valence electrons. The van der Waals surface area contributed by atoms with E-state index in [1.807, 2.05) is 0 Å². The van der Waals surface area contributed by atoms with E-state index in [4.69, 9.17) is 31.3 Å². The van der Waals surface area contributed by atoms with E-state index in [2.05, 4.69) is 12.6 Å². The molecule has 22 heavy (non-hydrogen) atoms. The Hall–Kier alpha value is -1.85. The number of aliphatic hydroxyl groups is 1. The van der Waals surface area contributed by atoms with Crippen molar-refractivity contribution in [3.05, 3.63) is 0 Å². The molecule has 0 fully saturated rings. The van der Waals surface area contributed by atoms with Gasteiger partial charge >= 0.3 is 23.9 Å². The zero-order valence-electron chi connectivity index (χ0n) is 11.9. The first-order chi connectivity index (χ1) is 9.63. The molecule has 0 radical (unpaired) electrons. The van der Waals surface area contributed by atoms with Crippen molar-refractivity contribution < 1.29 is 44.7 Å². The first kappa shape index (κ1) is 22.4. The second kappa shape index (κ2) is 8.56. The summed E-state index contributed by atoms with van der Waals surface area (Å²) in [5.74, 6) is -6.04. The van der Waals surface area contributed by atoms with Gasteiger partial charge in [-0.25, -0.2) is 4.79 Å². The molecule has 0 spiro atoms. The summed E-state index contributed by atoms with van der Waals surface area (Å²) in [7, 11) is 0. The molecule has 10 nitrogen and oxygen atoms in total. The first-order valence-corrected chi connectivity index (χ1v) is 6.18. The lowest BCUT2D eigenvalue weighted by Gasteiger charge is -2.21. The fourth-order valence-corrected chi connectivity index (χ4v) is 1.13. The Balaban J connectivity index is 0. The largest absolute Gasteiger partial charge is 0.481 e. The first-order valence-electron chi connectivity index (χ1n) is 5.73. The second-order valence-corrected chi connectivity index (χ2v) is 6.10. The molecule has 0 unspecified atom stereocenters. The Labute approximate surface area is 131 Å². The summed E-state index contributed by atoms with van der Waals surface area (Å²) >= 11 is 3.98. The molecule has 1 atom stereocenters. The minimum absolute atomic E-state index is 0.647. The zero-order chi connectivity index (χ0) is 18.3. The van der Waals surface area contributed by atoms with Gasteiger partial charge < -0.3 is 31.3 Å². The third kappa shape index (κ3) is 9.15. The van der Waals surface area contributed by atoms with Crippen LogP contribution in [0.5, 0.6) is 0 Å². The average molecular weight is 341 g/mol. The predicted octanol–water partition coefficient (Wildman–Crippen LogP) is -1.14. The molecule has 0 aromatic heterocycles. The minimum Gasteiger partial charge on any atom is -0.481 e. The molecule has 0 amide bonds. The monoisotopic (exact) mass is 341 g/mol. The van der Waals surface area contributed by atoms with Crippen LogP contribution in [0.1, 0.15) is 26.7 Å². The Morgan fingerprint density at radius 3 is 1.41 bits per heavy atom. The van der Waals surface area contributed by atoms with E-state index in [1.165, 1.54) is 0 Å². The Bertz CT molecular complexity index is 427. The highest BCUT2D eigenvalue weighted by molar-refractivity contribution is 7.81.